The first-order valence-electron chi connectivity index (χ1n) is 12.1. The molecule has 7 nitrogen and oxygen atoms in total. The van der Waals surface area contributed by atoms with Gasteiger partial charge in [-0.2, -0.15) is 0 Å². The number of hydrogen-bond acceptors (Lipinski definition) is 4. The molecule has 0 radical (unpaired) electrons. The van der Waals surface area contributed by atoms with Gasteiger partial charge in [-0.25, -0.2) is 9.59 Å². The molecule has 7 heteroatoms. The maximum absolute atomic E-state index is 12.8. The molecular weight excluding hydrogens is 432 g/mol. The van der Waals surface area contributed by atoms with Gasteiger partial charge in [-0.3, -0.25) is 4.79 Å². The van der Waals surface area contributed by atoms with Crippen LogP contribution in [0.4, 0.5) is 4.79 Å². The molecule has 0 heterocycles. The Labute approximate surface area is 199 Å². The van der Waals surface area contributed by atoms with Crippen molar-refractivity contribution in [2.75, 3.05) is 6.61 Å². The molecule has 0 spiro atoms. The molecule has 2 aromatic rings. The quantitative estimate of drug-likeness (QED) is 0.456. The van der Waals surface area contributed by atoms with Gasteiger partial charge in [-0.15, -0.1) is 0 Å². The molecule has 0 bridgehead atoms. The minimum absolute atomic E-state index is 0.0731. The molecule has 34 heavy (non-hydrogen) atoms. The predicted octanol–water partition coefficient (Wildman–Crippen LogP) is 4.45. The van der Waals surface area contributed by atoms with Crippen LogP contribution in [-0.4, -0.2) is 41.8 Å². The molecule has 2 atom stereocenters. The van der Waals surface area contributed by atoms with E-state index in [1.54, 1.807) is 0 Å². The number of carboxylic acids is 1. The van der Waals surface area contributed by atoms with E-state index >= 15 is 0 Å². The van der Waals surface area contributed by atoms with E-state index < -0.39 is 30.1 Å². The second-order valence-electron chi connectivity index (χ2n) is 9.24. The number of nitrogens with one attached hydrogen (secondary N) is 2. The summed E-state index contributed by atoms with van der Waals surface area (Å²) in [5.74, 6) is -1.24. The number of carbonyl (C=O) groups is 3. The number of unbranched alkanes of at least 4 members (excludes halogenated alkanes) is 1. The van der Waals surface area contributed by atoms with E-state index in [1.807, 2.05) is 43.3 Å². The number of hydrogen-bond donors (Lipinski definition) is 3. The maximum Gasteiger partial charge on any atom is 0.407 e. The van der Waals surface area contributed by atoms with Crippen molar-refractivity contribution < 1.29 is 24.2 Å². The predicted molar refractivity (Wildman–Crippen MR) is 128 cm³/mol. The molecule has 4 rings (SSSR count). The summed E-state index contributed by atoms with van der Waals surface area (Å²) in [6, 6.07) is 14.4. The summed E-state index contributed by atoms with van der Waals surface area (Å²) in [4.78, 5) is 37.1. The highest BCUT2D eigenvalue weighted by Crippen LogP contribution is 2.44. The van der Waals surface area contributed by atoms with E-state index in [4.69, 9.17) is 4.74 Å². The lowest BCUT2D eigenvalue weighted by Gasteiger charge is -2.22. The Morgan fingerprint density at radius 1 is 0.971 bits per heavy atom. The maximum atomic E-state index is 12.8. The molecule has 3 N–H and O–H groups in total. The average molecular weight is 465 g/mol. The topological polar surface area (TPSA) is 105 Å². The summed E-state index contributed by atoms with van der Waals surface area (Å²) < 4.78 is 5.58. The van der Waals surface area contributed by atoms with Gasteiger partial charge in [0, 0.05) is 5.92 Å². The Morgan fingerprint density at radius 2 is 1.59 bits per heavy atom. The van der Waals surface area contributed by atoms with Gasteiger partial charge in [-0.05, 0) is 41.0 Å². The van der Waals surface area contributed by atoms with Gasteiger partial charge in [0.15, 0.2) is 0 Å². The number of benzene rings is 2. The summed E-state index contributed by atoms with van der Waals surface area (Å²) in [5, 5.41) is 14.8. The van der Waals surface area contributed by atoms with Crippen molar-refractivity contribution in [3.63, 3.8) is 0 Å². The van der Waals surface area contributed by atoms with Crippen molar-refractivity contribution in [2.24, 2.45) is 5.92 Å². The summed E-state index contributed by atoms with van der Waals surface area (Å²) in [6.07, 6.45) is 3.73. The van der Waals surface area contributed by atoms with Crippen LogP contribution >= 0.6 is 0 Å². The molecule has 2 aliphatic rings. The van der Waals surface area contributed by atoms with Gasteiger partial charge in [0.1, 0.15) is 18.7 Å². The molecule has 1 saturated carbocycles. The van der Waals surface area contributed by atoms with Crippen LogP contribution in [0.5, 0.6) is 0 Å². The van der Waals surface area contributed by atoms with Gasteiger partial charge in [0.05, 0.1) is 0 Å². The smallest absolute Gasteiger partial charge is 0.407 e. The van der Waals surface area contributed by atoms with Crippen molar-refractivity contribution >= 4 is 18.0 Å². The molecule has 0 aliphatic heterocycles. The fraction of sp³-hybridized carbons (Fsp3) is 0.444. The van der Waals surface area contributed by atoms with Crippen molar-refractivity contribution in [3.8, 4) is 11.1 Å². The SMILES string of the molecule is CCCC[C@H](NC(=O)OCC1c2ccccc2-c2ccccc21)C(=O)N[C@@H](CC1CC1)C(=O)O. The summed E-state index contributed by atoms with van der Waals surface area (Å²) in [6.45, 7) is 2.15. The molecule has 0 unspecified atom stereocenters. The van der Waals surface area contributed by atoms with Crippen LogP contribution < -0.4 is 10.6 Å². The van der Waals surface area contributed by atoms with Crippen LogP contribution in [0.15, 0.2) is 48.5 Å². The number of alkyl carbamates (subject to hydrolysis) is 1. The molecule has 0 saturated heterocycles. The molecular formula is C27H32N2O5. The molecule has 180 valence electrons. The van der Waals surface area contributed by atoms with E-state index in [1.165, 1.54) is 0 Å². The average Bonchev–Trinajstić information content (AvgIpc) is 3.60. The molecule has 2 amide bonds. The van der Waals surface area contributed by atoms with Crippen molar-refractivity contribution in [1.29, 1.82) is 0 Å². The number of ether oxygens (including phenoxy) is 1. The van der Waals surface area contributed by atoms with Gasteiger partial charge in [0.2, 0.25) is 5.91 Å². The Morgan fingerprint density at radius 3 is 2.15 bits per heavy atom. The lowest BCUT2D eigenvalue weighted by molar-refractivity contribution is -0.142. The number of amides is 2. The zero-order chi connectivity index (χ0) is 24.1. The van der Waals surface area contributed by atoms with Crippen LogP contribution in [-0.2, 0) is 14.3 Å². The van der Waals surface area contributed by atoms with Crippen LogP contribution in [0, 0.1) is 5.92 Å². The minimum Gasteiger partial charge on any atom is -0.480 e. The van der Waals surface area contributed by atoms with E-state index in [0.717, 1.165) is 47.9 Å². The molecule has 0 aromatic heterocycles. The molecule has 2 aliphatic carbocycles. The summed E-state index contributed by atoms with van der Waals surface area (Å²) in [5.41, 5.74) is 4.51. The second-order valence-corrected chi connectivity index (χ2v) is 9.24. The highest BCUT2D eigenvalue weighted by Gasteiger charge is 2.33. The lowest BCUT2D eigenvalue weighted by Crippen LogP contribution is -2.51. The minimum atomic E-state index is -1.05. The number of aliphatic carboxylic acids is 1. The zero-order valence-electron chi connectivity index (χ0n) is 19.5. The van der Waals surface area contributed by atoms with E-state index in [0.29, 0.717) is 18.8 Å². The highest BCUT2D eigenvalue weighted by molar-refractivity contribution is 5.89. The first-order chi connectivity index (χ1) is 16.5. The first-order valence-corrected chi connectivity index (χ1v) is 12.1. The Hall–Kier alpha value is -3.35. The van der Waals surface area contributed by atoms with Gasteiger partial charge in [-0.1, -0.05) is 81.1 Å². The normalized spacial score (nSPS) is 16.1. The van der Waals surface area contributed by atoms with Crippen molar-refractivity contribution in [1.82, 2.24) is 10.6 Å². The number of fused-ring (bicyclic) bond motifs is 3. The molecule has 2 aromatic carbocycles. The van der Waals surface area contributed by atoms with Crippen LogP contribution in [0.2, 0.25) is 0 Å². The van der Waals surface area contributed by atoms with Gasteiger partial charge >= 0.3 is 12.1 Å². The Kier molecular flexibility index (Phi) is 7.50. The number of rotatable bonds is 11. The zero-order valence-corrected chi connectivity index (χ0v) is 19.5. The largest absolute Gasteiger partial charge is 0.480 e. The van der Waals surface area contributed by atoms with Crippen LogP contribution in [0.1, 0.15) is 62.5 Å². The second kappa shape index (κ2) is 10.7. The van der Waals surface area contributed by atoms with Crippen molar-refractivity contribution in [3.05, 3.63) is 59.7 Å². The lowest BCUT2D eigenvalue weighted by atomic mass is 9.98. The highest BCUT2D eigenvalue weighted by atomic mass is 16.5. The van der Waals surface area contributed by atoms with Crippen LogP contribution in [0.25, 0.3) is 11.1 Å². The first kappa shape index (κ1) is 23.8. The monoisotopic (exact) mass is 464 g/mol. The van der Waals surface area contributed by atoms with Crippen LogP contribution in [0.3, 0.4) is 0 Å². The van der Waals surface area contributed by atoms with E-state index in [9.17, 15) is 19.5 Å². The third-order valence-corrected chi connectivity index (χ3v) is 6.68. The number of carbonyl (C=O) groups excluding carboxylic acids is 2. The van der Waals surface area contributed by atoms with Gasteiger partial charge < -0.3 is 20.5 Å². The fourth-order valence-corrected chi connectivity index (χ4v) is 4.64. The standard InChI is InChI=1S/C27H32N2O5/c1-2-3-12-23(25(30)28-24(26(31)32)15-17-13-14-17)29-27(33)34-16-22-20-10-6-4-8-18(20)19-9-5-7-11-21(19)22/h4-11,17,22-24H,2-3,12-16H2,1H3,(H,28,30)(H,29,33)(H,31,32)/t23-,24-/m0/s1. The third kappa shape index (κ3) is 5.58. The number of carboxylic acid groups (broad SMARTS) is 1. The Balaban J connectivity index is 1.38. The van der Waals surface area contributed by atoms with E-state index in [2.05, 4.69) is 22.8 Å². The Bertz CT molecular complexity index is 1000. The van der Waals surface area contributed by atoms with E-state index in [-0.39, 0.29) is 12.5 Å². The summed E-state index contributed by atoms with van der Waals surface area (Å²) in [7, 11) is 0. The van der Waals surface area contributed by atoms with Crippen molar-refractivity contribution in [2.45, 2.75) is 63.5 Å². The summed E-state index contributed by atoms with van der Waals surface area (Å²) >= 11 is 0. The van der Waals surface area contributed by atoms with Gasteiger partial charge in [0.25, 0.3) is 0 Å². The fourth-order valence-electron chi connectivity index (χ4n) is 4.64. The third-order valence-electron chi connectivity index (χ3n) is 6.68. The molecule has 1 fully saturated rings.